The highest BCUT2D eigenvalue weighted by atomic mass is 32.1. The van der Waals surface area contributed by atoms with E-state index >= 15 is 0 Å². The summed E-state index contributed by atoms with van der Waals surface area (Å²) in [6.07, 6.45) is 5.95. The number of nitriles is 1. The van der Waals surface area contributed by atoms with Crippen molar-refractivity contribution in [3.05, 3.63) is 117 Å². The quantitative estimate of drug-likeness (QED) is 0.110. The molecule has 0 N–H and O–H groups in total. The molecule has 8 heteroatoms. The first-order valence-corrected chi connectivity index (χ1v) is 17.7. The van der Waals surface area contributed by atoms with Crippen LogP contribution in [0.15, 0.2) is 95.6 Å². The molecule has 49 heavy (non-hydrogen) atoms. The van der Waals surface area contributed by atoms with Crippen LogP contribution in [0.4, 0.5) is 10.8 Å². The van der Waals surface area contributed by atoms with Crippen LogP contribution in [-0.4, -0.2) is 41.6 Å². The molecule has 0 spiro atoms. The smallest absolute Gasteiger partial charge is 0.259 e. The van der Waals surface area contributed by atoms with Gasteiger partial charge in [-0.25, -0.2) is 4.98 Å². The highest BCUT2D eigenvalue weighted by molar-refractivity contribution is 7.17. The number of unbranched alkanes of at least 4 members (excludes halogenated alkanes) is 2. The van der Waals surface area contributed by atoms with Gasteiger partial charge in [-0.2, -0.15) is 5.26 Å². The van der Waals surface area contributed by atoms with Gasteiger partial charge in [-0.3, -0.25) is 19.3 Å². The van der Waals surface area contributed by atoms with Crippen molar-refractivity contribution in [1.82, 2.24) is 4.98 Å². The topological polar surface area (TPSA) is 94.4 Å². The summed E-state index contributed by atoms with van der Waals surface area (Å²) in [4.78, 5) is 52.5. The van der Waals surface area contributed by atoms with Gasteiger partial charge in [0.15, 0.2) is 17.0 Å². The lowest BCUT2D eigenvalue weighted by atomic mass is 9.81. The average molecular weight is 671 g/mol. The first-order chi connectivity index (χ1) is 23.7. The molecule has 1 aliphatic rings. The second-order valence-electron chi connectivity index (χ2n) is 12.3. The molecular formula is C41H42N4O3S. The summed E-state index contributed by atoms with van der Waals surface area (Å²) in [7, 11) is 0. The summed E-state index contributed by atoms with van der Waals surface area (Å²) in [5.74, 6) is -1.74. The molecule has 250 valence electrons. The second kappa shape index (κ2) is 15.8. The molecule has 1 aliphatic carbocycles. The average Bonchev–Trinajstić information content (AvgIpc) is 3.52. The number of allylic oxidation sites excluding steroid dienone is 1. The van der Waals surface area contributed by atoms with Crippen molar-refractivity contribution < 1.29 is 14.4 Å². The van der Waals surface area contributed by atoms with Crippen LogP contribution in [0.25, 0.3) is 17.3 Å². The fraction of sp³-hybridized carbons (Fsp3) is 0.293. The molecule has 5 rings (SSSR count). The number of rotatable bonds is 12. The third-order valence-electron chi connectivity index (χ3n) is 8.90. The van der Waals surface area contributed by atoms with Crippen LogP contribution in [0.1, 0.15) is 72.8 Å². The standard InChI is InChI=1S/C41H42N4O3S/c1-6-8-23-44(24-9-7-2)41-43-36(35-27(3)17-16-18-28(35)4)34(49-41)25-32-29(5)33(26-42)39(47)37(38(32)46)45(31-21-14-11-15-22-31)40(48)30-19-12-10-13-20-30/h10-22,25,37H,6-9,23-24H2,1-5H3/b32-25-. The Balaban J connectivity index is 1.72. The van der Waals surface area contributed by atoms with E-state index in [-0.39, 0.29) is 11.1 Å². The van der Waals surface area contributed by atoms with E-state index in [0.29, 0.717) is 16.8 Å². The zero-order chi connectivity index (χ0) is 35.1. The SMILES string of the molecule is CCCCN(CCCC)c1nc(-c2c(C)cccc2C)c(/C=C2\C(=O)C(N(C(=O)c3ccccc3)c3ccccc3)C(=O)C(C#N)=C2C)s1. The minimum absolute atomic E-state index is 0.136. The molecule has 1 atom stereocenters. The van der Waals surface area contributed by atoms with E-state index in [4.69, 9.17) is 4.98 Å². The van der Waals surface area contributed by atoms with E-state index in [1.807, 2.05) is 6.07 Å². The first kappa shape index (κ1) is 35.2. The van der Waals surface area contributed by atoms with E-state index in [1.165, 1.54) is 16.2 Å². The summed E-state index contributed by atoms with van der Waals surface area (Å²) < 4.78 is 0. The van der Waals surface area contributed by atoms with Gasteiger partial charge in [0.1, 0.15) is 11.6 Å². The van der Waals surface area contributed by atoms with Gasteiger partial charge >= 0.3 is 0 Å². The Morgan fingerprint density at radius 1 is 0.857 bits per heavy atom. The van der Waals surface area contributed by atoms with Crippen molar-refractivity contribution in [3.8, 4) is 17.3 Å². The molecule has 1 aromatic heterocycles. The van der Waals surface area contributed by atoms with Gasteiger partial charge in [0.25, 0.3) is 5.91 Å². The van der Waals surface area contributed by atoms with Gasteiger partial charge < -0.3 is 4.90 Å². The zero-order valence-electron chi connectivity index (χ0n) is 28.8. The number of amides is 1. The molecule has 3 aromatic carbocycles. The van der Waals surface area contributed by atoms with Crippen LogP contribution < -0.4 is 9.80 Å². The van der Waals surface area contributed by atoms with E-state index in [1.54, 1.807) is 73.7 Å². The number of carbonyl (C=O) groups excluding carboxylic acids is 3. The molecule has 7 nitrogen and oxygen atoms in total. The number of ketones is 2. The maximum Gasteiger partial charge on any atom is 0.259 e. The van der Waals surface area contributed by atoms with Crippen molar-refractivity contribution in [1.29, 1.82) is 5.26 Å². The molecule has 0 saturated carbocycles. The number of hydrogen-bond acceptors (Lipinski definition) is 7. The molecule has 0 fully saturated rings. The van der Waals surface area contributed by atoms with Crippen LogP contribution in [-0.2, 0) is 9.59 Å². The van der Waals surface area contributed by atoms with Gasteiger partial charge in [0.05, 0.1) is 10.6 Å². The van der Waals surface area contributed by atoms with Crippen molar-refractivity contribution in [2.75, 3.05) is 22.9 Å². The van der Waals surface area contributed by atoms with Crippen molar-refractivity contribution in [3.63, 3.8) is 0 Å². The highest BCUT2D eigenvalue weighted by Gasteiger charge is 2.45. The van der Waals surface area contributed by atoms with Crippen LogP contribution in [0.3, 0.4) is 0 Å². The number of anilines is 2. The van der Waals surface area contributed by atoms with Gasteiger partial charge in [-0.1, -0.05) is 92.6 Å². The molecule has 1 unspecified atom stereocenters. The summed E-state index contributed by atoms with van der Waals surface area (Å²) in [6.45, 7) is 11.8. The summed E-state index contributed by atoms with van der Waals surface area (Å²) >= 11 is 1.51. The molecule has 1 heterocycles. The van der Waals surface area contributed by atoms with Crippen LogP contribution in [0.2, 0.25) is 0 Å². The Kier molecular flexibility index (Phi) is 11.4. The summed E-state index contributed by atoms with van der Waals surface area (Å²) in [5.41, 5.74) is 4.96. The van der Waals surface area contributed by atoms with Gasteiger partial charge in [-0.15, -0.1) is 0 Å². The Labute approximate surface area is 293 Å². The van der Waals surface area contributed by atoms with E-state index in [9.17, 15) is 19.6 Å². The lowest BCUT2D eigenvalue weighted by Gasteiger charge is -2.33. The number of aromatic nitrogens is 1. The third kappa shape index (κ3) is 7.33. The fourth-order valence-electron chi connectivity index (χ4n) is 6.20. The van der Waals surface area contributed by atoms with Crippen molar-refractivity contribution >= 4 is 45.7 Å². The molecule has 1 amide bonds. The second-order valence-corrected chi connectivity index (χ2v) is 13.4. The predicted octanol–water partition coefficient (Wildman–Crippen LogP) is 8.92. The maximum absolute atomic E-state index is 14.7. The lowest BCUT2D eigenvalue weighted by Crippen LogP contribution is -2.53. The number of Topliss-reactive ketones (excluding diaryl/α,β-unsaturated/α-hetero) is 2. The number of benzene rings is 3. The number of aryl methyl sites for hydroxylation is 2. The van der Waals surface area contributed by atoms with E-state index in [2.05, 4.69) is 50.8 Å². The lowest BCUT2D eigenvalue weighted by molar-refractivity contribution is -0.125. The highest BCUT2D eigenvalue weighted by Crippen LogP contribution is 2.40. The van der Waals surface area contributed by atoms with Gasteiger partial charge in [0.2, 0.25) is 5.78 Å². The van der Waals surface area contributed by atoms with Crippen molar-refractivity contribution in [2.24, 2.45) is 0 Å². The van der Waals surface area contributed by atoms with E-state index < -0.39 is 23.5 Å². The predicted molar refractivity (Wildman–Crippen MR) is 199 cm³/mol. The number of carbonyl (C=O) groups is 3. The first-order valence-electron chi connectivity index (χ1n) is 16.9. The minimum atomic E-state index is -1.55. The Morgan fingerprint density at radius 2 is 1.45 bits per heavy atom. The normalized spacial score (nSPS) is 15.4. The number of thiazole rings is 1. The Morgan fingerprint density at radius 3 is 2.02 bits per heavy atom. The molecular weight excluding hydrogens is 629 g/mol. The van der Waals surface area contributed by atoms with Gasteiger partial charge in [-0.05, 0) is 80.7 Å². The Hall–Kier alpha value is -5.13. The number of hydrogen-bond donors (Lipinski definition) is 0. The monoisotopic (exact) mass is 670 g/mol. The number of nitrogens with zero attached hydrogens (tertiary/aromatic N) is 4. The van der Waals surface area contributed by atoms with Gasteiger partial charge in [0, 0.05) is 35.5 Å². The maximum atomic E-state index is 14.7. The molecule has 0 aliphatic heterocycles. The third-order valence-corrected chi connectivity index (χ3v) is 9.96. The van der Waals surface area contributed by atoms with Crippen molar-refractivity contribution in [2.45, 2.75) is 66.3 Å². The molecule has 0 saturated heterocycles. The summed E-state index contributed by atoms with van der Waals surface area (Å²) in [6, 6.07) is 23.9. The fourth-order valence-corrected chi connectivity index (χ4v) is 7.27. The summed E-state index contributed by atoms with van der Waals surface area (Å²) in [5, 5.41) is 11.2. The largest absolute Gasteiger partial charge is 0.348 e. The molecule has 0 radical (unpaired) electrons. The van der Waals surface area contributed by atoms with Crippen LogP contribution in [0, 0.1) is 25.2 Å². The molecule has 4 aromatic rings. The Bertz CT molecular complexity index is 1930. The molecule has 0 bridgehead atoms. The number of para-hydroxylation sites is 1. The van der Waals surface area contributed by atoms with Crippen LogP contribution >= 0.6 is 11.3 Å². The minimum Gasteiger partial charge on any atom is -0.348 e. The van der Waals surface area contributed by atoms with Crippen LogP contribution in [0.5, 0.6) is 0 Å². The zero-order valence-corrected chi connectivity index (χ0v) is 29.6. The van der Waals surface area contributed by atoms with E-state index in [0.717, 1.165) is 71.2 Å².